The number of para-hydroxylation sites is 1. The zero-order valence-corrected chi connectivity index (χ0v) is 13.1. The minimum absolute atomic E-state index is 0.161. The third kappa shape index (κ3) is 3.67. The number of piperidine rings is 1. The zero-order valence-electron chi connectivity index (χ0n) is 13.1. The van der Waals surface area contributed by atoms with Crippen molar-refractivity contribution in [3.8, 4) is 0 Å². The molecule has 0 bridgehead atoms. The van der Waals surface area contributed by atoms with E-state index in [0.717, 1.165) is 24.7 Å². The lowest BCUT2D eigenvalue weighted by Crippen LogP contribution is -2.32. The number of carbonyl (C=O) groups is 1. The lowest BCUT2D eigenvalue weighted by Gasteiger charge is -2.31. The summed E-state index contributed by atoms with van der Waals surface area (Å²) in [5.41, 5.74) is 1.47. The van der Waals surface area contributed by atoms with Crippen molar-refractivity contribution in [1.29, 1.82) is 0 Å². The maximum absolute atomic E-state index is 13.6. The molecule has 1 saturated heterocycles. The van der Waals surface area contributed by atoms with E-state index in [2.05, 4.69) is 22.1 Å². The summed E-state index contributed by atoms with van der Waals surface area (Å²) in [6, 6.07) is 9.67. The summed E-state index contributed by atoms with van der Waals surface area (Å²) in [6.45, 7) is 4.30. The molecule has 0 unspecified atom stereocenters. The van der Waals surface area contributed by atoms with Crippen LogP contribution < -0.4 is 10.2 Å². The fourth-order valence-electron chi connectivity index (χ4n) is 2.72. The molecule has 0 atom stereocenters. The third-order valence-corrected chi connectivity index (χ3v) is 4.25. The van der Waals surface area contributed by atoms with Gasteiger partial charge in [-0.25, -0.2) is 9.37 Å². The van der Waals surface area contributed by atoms with Gasteiger partial charge in [0, 0.05) is 13.1 Å². The fraction of sp³-hybridized carbons (Fsp3) is 0.333. The molecule has 4 nitrogen and oxygen atoms in total. The van der Waals surface area contributed by atoms with E-state index in [1.54, 1.807) is 24.4 Å². The van der Waals surface area contributed by atoms with Gasteiger partial charge in [0.15, 0.2) is 0 Å². The highest BCUT2D eigenvalue weighted by molar-refractivity contribution is 6.03. The van der Waals surface area contributed by atoms with Crippen LogP contribution in [0.15, 0.2) is 42.6 Å². The SMILES string of the molecule is CC1CCN(c2ccc(C(=O)Nc3ccccc3F)nc2)CC1. The van der Waals surface area contributed by atoms with E-state index in [1.165, 1.54) is 25.0 Å². The molecule has 120 valence electrons. The van der Waals surface area contributed by atoms with Crippen LogP contribution in [0.25, 0.3) is 0 Å². The number of carbonyl (C=O) groups excluding carboxylic acids is 1. The second-order valence-corrected chi connectivity index (χ2v) is 6.01. The monoisotopic (exact) mass is 313 g/mol. The summed E-state index contributed by atoms with van der Waals surface area (Å²) in [5, 5.41) is 2.54. The van der Waals surface area contributed by atoms with Crippen molar-refractivity contribution in [2.75, 3.05) is 23.3 Å². The van der Waals surface area contributed by atoms with Crippen LogP contribution in [0.5, 0.6) is 0 Å². The molecule has 1 aliphatic rings. The third-order valence-electron chi connectivity index (χ3n) is 4.25. The number of anilines is 2. The minimum Gasteiger partial charge on any atom is -0.370 e. The Morgan fingerprint density at radius 2 is 1.96 bits per heavy atom. The fourth-order valence-corrected chi connectivity index (χ4v) is 2.72. The van der Waals surface area contributed by atoms with Gasteiger partial charge in [0.25, 0.3) is 5.91 Å². The van der Waals surface area contributed by atoms with Crippen molar-refractivity contribution in [1.82, 2.24) is 4.98 Å². The van der Waals surface area contributed by atoms with Crippen LogP contribution in [-0.2, 0) is 0 Å². The van der Waals surface area contributed by atoms with Gasteiger partial charge in [-0.1, -0.05) is 19.1 Å². The molecule has 2 heterocycles. The Labute approximate surface area is 135 Å². The van der Waals surface area contributed by atoms with Gasteiger partial charge >= 0.3 is 0 Å². The van der Waals surface area contributed by atoms with Gasteiger partial charge < -0.3 is 10.2 Å². The molecule has 0 spiro atoms. The minimum atomic E-state index is -0.458. The summed E-state index contributed by atoms with van der Waals surface area (Å²) >= 11 is 0. The first-order chi connectivity index (χ1) is 11.1. The van der Waals surface area contributed by atoms with Crippen molar-refractivity contribution in [2.45, 2.75) is 19.8 Å². The lowest BCUT2D eigenvalue weighted by molar-refractivity contribution is 0.102. The van der Waals surface area contributed by atoms with E-state index in [1.807, 2.05) is 6.07 Å². The topological polar surface area (TPSA) is 45.2 Å². The first-order valence-corrected chi connectivity index (χ1v) is 7.90. The lowest BCUT2D eigenvalue weighted by atomic mass is 9.99. The summed E-state index contributed by atoms with van der Waals surface area (Å²) in [6.07, 6.45) is 4.07. The van der Waals surface area contributed by atoms with E-state index in [4.69, 9.17) is 0 Å². The molecule has 0 aliphatic carbocycles. The normalized spacial score (nSPS) is 15.5. The Kier molecular flexibility index (Phi) is 4.55. The highest BCUT2D eigenvalue weighted by atomic mass is 19.1. The highest BCUT2D eigenvalue weighted by Crippen LogP contribution is 2.22. The number of amides is 1. The first-order valence-electron chi connectivity index (χ1n) is 7.90. The Morgan fingerprint density at radius 1 is 1.22 bits per heavy atom. The van der Waals surface area contributed by atoms with Gasteiger partial charge in [0.1, 0.15) is 11.5 Å². The average Bonchev–Trinajstić information content (AvgIpc) is 2.58. The predicted molar refractivity (Wildman–Crippen MR) is 89.2 cm³/mol. The van der Waals surface area contributed by atoms with Crippen LogP contribution in [0.2, 0.25) is 0 Å². The molecule has 1 amide bonds. The quantitative estimate of drug-likeness (QED) is 0.939. The molecule has 1 aromatic heterocycles. The zero-order chi connectivity index (χ0) is 16.2. The predicted octanol–water partition coefficient (Wildman–Crippen LogP) is 3.71. The first kappa shape index (κ1) is 15.5. The van der Waals surface area contributed by atoms with E-state index in [9.17, 15) is 9.18 Å². The Balaban J connectivity index is 1.67. The van der Waals surface area contributed by atoms with Crippen molar-refractivity contribution in [3.63, 3.8) is 0 Å². The molecule has 5 heteroatoms. The number of nitrogens with one attached hydrogen (secondary N) is 1. The van der Waals surface area contributed by atoms with Gasteiger partial charge in [0.05, 0.1) is 17.6 Å². The van der Waals surface area contributed by atoms with Crippen molar-refractivity contribution >= 4 is 17.3 Å². The number of hydrogen-bond acceptors (Lipinski definition) is 3. The van der Waals surface area contributed by atoms with Crippen LogP contribution >= 0.6 is 0 Å². The van der Waals surface area contributed by atoms with E-state index >= 15 is 0 Å². The second-order valence-electron chi connectivity index (χ2n) is 6.01. The molecule has 3 rings (SSSR count). The molecule has 2 aromatic rings. The summed E-state index contributed by atoms with van der Waals surface area (Å²) in [7, 11) is 0. The summed E-state index contributed by atoms with van der Waals surface area (Å²) in [5.74, 6) is -0.0983. The summed E-state index contributed by atoms with van der Waals surface area (Å²) in [4.78, 5) is 18.6. The number of hydrogen-bond donors (Lipinski definition) is 1. The van der Waals surface area contributed by atoms with Gasteiger partial charge in [-0.2, -0.15) is 0 Å². The van der Waals surface area contributed by atoms with Gasteiger partial charge in [-0.05, 0) is 43.0 Å². The molecule has 1 aromatic carbocycles. The largest absolute Gasteiger partial charge is 0.370 e. The Morgan fingerprint density at radius 3 is 2.61 bits per heavy atom. The van der Waals surface area contributed by atoms with Gasteiger partial charge in [-0.3, -0.25) is 4.79 Å². The van der Waals surface area contributed by atoms with Crippen molar-refractivity contribution in [3.05, 3.63) is 54.1 Å². The Hall–Kier alpha value is -2.43. The smallest absolute Gasteiger partial charge is 0.274 e. The molecule has 23 heavy (non-hydrogen) atoms. The number of aromatic nitrogens is 1. The van der Waals surface area contributed by atoms with Crippen LogP contribution in [0.3, 0.4) is 0 Å². The van der Waals surface area contributed by atoms with Gasteiger partial charge in [-0.15, -0.1) is 0 Å². The van der Waals surface area contributed by atoms with E-state index in [0.29, 0.717) is 0 Å². The molecular formula is C18H20FN3O. The molecule has 1 N–H and O–H groups in total. The van der Waals surface area contributed by atoms with Crippen LogP contribution in [0, 0.1) is 11.7 Å². The van der Waals surface area contributed by atoms with Crippen LogP contribution in [0.4, 0.5) is 15.8 Å². The second kappa shape index (κ2) is 6.77. The standard InChI is InChI=1S/C18H20FN3O/c1-13-8-10-22(11-9-13)14-6-7-17(20-12-14)18(23)21-16-5-3-2-4-15(16)19/h2-7,12-13H,8-11H2,1H3,(H,21,23). The highest BCUT2D eigenvalue weighted by Gasteiger charge is 2.17. The van der Waals surface area contributed by atoms with Crippen molar-refractivity contribution in [2.24, 2.45) is 5.92 Å². The Bertz CT molecular complexity index is 679. The average molecular weight is 313 g/mol. The van der Waals surface area contributed by atoms with Crippen LogP contribution in [0.1, 0.15) is 30.3 Å². The van der Waals surface area contributed by atoms with E-state index < -0.39 is 11.7 Å². The number of pyridine rings is 1. The molecule has 1 aliphatic heterocycles. The molecule has 0 radical (unpaired) electrons. The number of halogens is 1. The van der Waals surface area contributed by atoms with Crippen molar-refractivity contribution < 1.29 is 9.18 Å². The molecule has 0 saturated carbocycles. The number of benzene rings is 1. The number of rotatable bonds is 3. The maximum atomic E-state index is 13.6. The summed E-state index contributed by atoms with van der Waals surface area (Å²) < 4.78 is 13.6. The molecule has 1 fully saturated rings. The number of nitrogens with zero attached hydrogens (tertiary/aromatic N) is 2. The maximum Gasteiger partial charge on any atom is 0.274 e. The molecular weight excluding hydrogens is 293 g/mol. The van der Waals surface area contributed by atoms with E-state index in [-0.39, 0.29) is 11.4 Å². The van der Waals surface area contributed by atoms with Gasteiger partial charge in [0.2, 0.25) is 0 Å². The van der Waals surface area contributed by atoms with Crippen LogP contribution in [-0.4, -0.2) is 24.0 Å².